The van der Waals surface area contributed by atoms with Crippen molar-refractivity contribution in [3.8, 4) is 5.75 Å². The van der Waals surface area contributed by atoms with Crippen molar-refractivity contribution >= 4 is 5.69 Å². The molecular formula is C15H16FNO2. The van der Waals surface area contributed by atoms with Crippen LogP contribution in [0.4, 0.5) is 10.1 Å². The van der Waals surface area contributed by atoms with Gasteiger partial charge in [0.25, 0.3) is 0 Å². The van der Waals surface area contributed by atoms with Crippen LogP contribution in [0.25, 0.3) is 0 Å². The average molecular weight is 261 g/mol. The zero-order valence-electron chi connectivity index (χ0n) is 10.7. The third kappa shape index (κ3) is 3.45. The van der Waals surface area contributed by atoms with Gasteiger partial charge >= 0.3 is 0 Å². The van der Waals surface area contributed by atoms with Gasteiger partial charge in [-0.15, -0.1) is 0 Å². The molecule has 0 spiro atoms. The molecule has 0 fully saturated rings. The second kappa shape index (κ2) is 6.20. The fraction of sp³-hybridized carbons (Fsp3) is 0.200. The Hall–Kier alpha value is -2.07. The van der Waals surface area contributed by atoms with E-state index in [1.165, 1.54) is 6.07 Å². The first-order valence-corrected chi connectivity index (χ1v) is 5.94. The molecule has 0 aliphatic carbocycles. The van der Waals surface area contributed by atoms with Crippen molar-refractivity contribution in [2.75, 3.05) is 12.8 Å². The minimum absolute atomic E-state index is 0.144. The summed E-state index contributed by atoms with van der Waals surface area (Å²) in [5.41, 5.74) is 7.11. The molecule has 0 aromatic heterocycles. The number of nitrogen functional groups attached to an aromatic ring is 1. The first-order valence-electron chi connectivity index (χ1n) is 5.94. The van der Waals surface area contributed by atoms with Gasteiger partial charge in [-0.05, 0) is 23.8 Å². The van der Waals surface area contributed by atoms with Crippen molar-refractivity contribution in [1.29, 1.82) is 0 Å². The first-order chi connectivity index (χ1) is 9.20. The summed E-state index contributed by atoms with van der Waals surface area (Å²) in [7, 11) is 1.62. The molecule has 100 valence electrons. The van der Waals surface area contributed by atoms with Gasteiger partial charge in [0.05, 0.1) is 26.0 Å². The molecule has 0 unspecified atom stereocenters. The molecule has 0 saturated carbocycles. The van der Waals surface area contributed by atoms with E-state index in [2.05, 4.69) is 0 Å². The number of rotatable bonds is 5. The number of halogens is 1. The fourth-order valence-electron chi connectivity index (χ4n) is 1.71. The van der Waals surface area contributed by atoms with Gasteiger partial charge in [0.1, 0.15) is 5.75 Å². The number of nitrogens with two attached hydrogens (primary N) is 1. The summed E-state index contributed by atoms with van der Waals surface area (Å²) >= 11 is 0. The van der Waals surface area contributed by atoms with E-state index in [0.29, 0.717) is 12.2 Å². The molecule has 0 heterocycles. The van der Waals surface area contributed by atoms with E-state index in [1.54, 1.807) is 19.2 Å². The van der Waals surface area contributed by atoms with E-state index in [4.69, 9.17) is 15.2 Å². The largest absolute Gasteiger partial charge is 0.497 e. The minimum Gasteiger partial charge on any atom is -0.497 e. The zero-order valence-corrected chi connectivity index (χ0v) is 10.7. The Kier molecular flexibility index (Phi) is 4.36. The highest BCUT2D eigenvalue weighted by atomic mass is 19.1. The molecule has 2 aromatic rings. The normalized spacial score (nSPS) is 10.4. The zero-order chi connectivity index (χ0) is 13.7. The second-order valence-corrected chi connectivity index (χ2v) is 4.16. The average Bonchev–Trinajstić information content (AvgIpc) is 2.44. The summed E-state index contributed by atoms with van der Waals surface area (Å²) in [6, 6.07) is 12.5. The van der Waals surface area contributed by atoms with E-state index in [-0.39, 0.29) is 12.3 Å². The van der Waals surface area contributed by atoms with Crippen molar-refractivity contribution in [2.24, 2.45) is 0 Å². The maximum atomic E-state index is 13.6. The van der Waals surface area contributed by atoms with Crippen LogP contribution in [-0.2, 0) is 18.0 Å². The van der Waals surface area contributed by atoms with Crippen LogP contribution in [0.2, 0.25) is 0 Å². The van der Waals surface area contributed by atoms with E-state index in [1.807, 2.05) is 24.3 Å². The Balaban J connectivity index is 1.90. The smallest absolute Gasteiger partial charge is 0.151 e. The number of ether oxygens (including phenoxy) is 2. The minimum atomic E-state index is -0.405. The molecule has 0 radical (unpaired) electrons. The highest BCUT2D eigenvalue weighted by molar-refractivity contribution is 5.42. The molecule has 2 aromatic carbocycles. The van der Waals surface area contributed by atoms with Gasteiger partial charge in [0.15, 0.2) is 5.82 Å². The second-order valence-electron chi connectivity index (χ2n) is 4.16. The third-order valence-corrected chi connectivity index (χ3v) is 2.79. The van der Waals surface area contributed by atoms with E-state index < -0.39 is 5.82 Å². The van der Waals surface area contributed by atoms with Gasteiger partial charge in [-0.1, -0.05) is 24.3 Å². The number of methoxy groups -OCH3 is 1. The molecular weight excluding hydrogens is 245 g/mol. The lowest BCUT2D eigenvalue weighted by Gasteiger charge is -2.07. The first kappa shape index (κ1) is 13.4. The highest BCUT2D eigenvalue weighted by Crippen LogP contribution is 2.17. The number of hydrogen-bond donors (Lipinski definition) is 1. The lowest BCUT2D eigenvalue weighted by atomic mass is 10.2. The van der Waals surface area contributed by atoms with Crippen LogP contribution in [0, 0.1) is 5.82 Å². The molecule has 19 heavy (non-hydrogen) atoms. The standard InChI is InChI=1S/C15H16FNO2/c1-18-13-7-5-11(6-8-13)9-19-10-12-3-2-4-14(17)15(12)16/h2-8H,9-10,17H2,1H3. The van der Waals surface area contributed by atoms with E-state index >= 15 is 0 Å². The lowest BCUT2D eigenvalue weighted by Crippen LogP contribution is -2.00. The summed E-state index contributed by atoms with van der Waals surface area (Å²) in [6.07, 6.45) is 0. The topological polar surface area (TPSA) is 44.5 Å². The van der Waals surface area contributed by atoms with Crippen molar-refractivity contribution in [3.63, 3.8) is 0 Å². The Morgan fingerprint density at radius 2 is 1.79 bits per heavy atom. The monoisotopic (exact) mass is 261 g/mol. The summed E-state index contributed by atoms with van der Waals surface area (Å²) in [5, 5.41) is 0. The van der Waals surface area contributed by atoms with Gasteiger partial charge in [-0.3, -0.25) is 0 Å². The Labute approximate surface area is 111 Å². The van der Waals surface area contributed by atoms with Gasteiger partial charge < -0.3 is 15.2 Å². The molecule has 3 nitrogen and oxygen atoms in total. The Morgan fingerprint density at radius 1 is 1.05 bits per heavy atom. The third-order valence-electron chi connectivity index (χ3n) is 2.79. The van der Waals surface area contributed by atoms with E-state index in [0.717, 1.165) is 11.3 Å². The van der Waals surface area contributed by atoms with Crippen molar-refractivity contribution in [2.45, 2.75) is 13.2 Å². The Bertz CT molecular complexity index is 540. The molecule has 2 N–H and O–H groups in total. The van der Waals surface area contributed by atoms with Crippen LogP contribution in [0.3, 0.4) is 0 Å². The molecule has 0 aliphatic heterocycles. The SMILES string of the molecule is COc1ccc(COCc2cccc(N)c2F)cc1. The maximum Gasteiger partial charge on any atom is 0.151 e. The summed E-state index contributed by atoms with van der Waals surface area (Å²) in [5.74, 6) is 0.392. The summed E-state index contributed by atoms with van der Waals surface area (Å²) in [4.78, 5) is 0. The van der Waals surface area contributed by atoms with Crippen LogP contribution in [0.1, 0.15) is 11.1 Å². The molecule has 0 saturated heterocycles. The number of benzene rings is 2. The van der Waals surface area contributed by atoms with Crippen LogP contribution >= 0.6 is 0 Å². The number of hydrogen-bond acceptors (Lipinski definition) is 3. The molecule has 2 rings (SSSR count). The molecule has 0 atom stereocenters. The molecule has 0 aliphatic rings. The molecule has 4 heteroatoms. The maximum absolute atomic E-state index is 13.6. The van der Waals surface area contributed by atoms with Crippen LogP contribution in [0.15, 0.2) is 42.5 Å². The van der Waals surface area contributed by atoms with Gasteiger partial charge in [0.2, 0.25) is 0 Å². The van der Waals surface area contributed by atoms with Gasteiger partial charge in [-0.25, -0.2) is 4.39 Å². The predicted molar refractivity (Wildman–Crippen MR) is 72.3 cm³/mol. The predicted octanol–water partition coefficient (Wildman–Crippen LogP) is 3.13. The van der Waals surface area contributed by atoms with E-state index in [9.17, 15) is 4.39 Å². The van der Waals surface area contributed by atoms with Crippen LogP contribution < -0.4 is 10.5 Å². The van der Waals surface area contributed by atoms with Gasteiger partial charge in [-0.2, -0.15) is 0 Å². The van der Waals surface area contributed by atoms with Crippen LogP contribution in [0.5, 0.6) is 5.75 Å². The quantitative estimate of drug-likeness (QED) is 0.841. The lowest BCUT2D eigenvalue weighted by molar-refractivity contribution is 0.105. The van der Waals surface area contributed by atoms with Crippen molar-refractivity contribution in [1.82, 2.24) is 0 Å². The summed E-state index contributed by atoms with van der Waals surface area (Å²) in [6.45, 7) is 0.612. The Morgan fingerprint density at radius 3 is 2.47 bits per heavy atom. The van der Waals surface area contributed by atoms with Gasteiger partial charge in [0, 0.05) is 5.56 Å². The fourth-order valence-corrected chi connectivity index (χ4v) is 1.71. The number of anilines is 1. The summed E-state index contributed by atoms with van der Waals surface area (Å²) < 4.78 is 24.2. The molecule has 0 amide bonds. The highest BCUT2D eigenvalue weighted by Gasteiger charge is 2.05. The van der Waals surface area contributed by atoms with Crippen molar-refractivity contribution < 1.29 is 13.9 Å². The van der Waals surface area contributed by atoms with Crippen LogP contribution in [-0.4, -0.2) is 7.11 Å². The molecule has 0 bridgehead atoms. The van der Waals surface area contributed by atoms with Crippen molar-refractivity contribution in [3.05, 3.63) is 59.4 Å².